The van der Waals surface area contributed by atoms with Gasteiger partial charge in [0.1, 0.15) is 0 Å². The molecule has 0 bridgehead atoms. The summed E-state index contributed by atoms with van der Waals surface area (Å²) >= 11 is 0. The van der Waals surface area contributed by atoms with Crippen molar-refractivity contribution in [3.8, 4) is 5.75 Å². The van der Waals surface area contributed by atoms with Gasteiger partial charge >= 0.3 is 5.69 Å². The summed E-state index contributed by atoms with van der Waals surface area (Å²) in [4.78, 5) is 21.3. The highest BCUT2D eigenvalue weighted by atomic mass is 16.6. The molecule has 16 heavy (non-hydrogen) atoms. The molecule has 0 saturated carbocycles. The van der Waals surface area contributed by atoms with Gasteiger partial charge in [-0.05, 0) is 24.5 Å². The van der Waals surface area contributed by atoms with Crippen molar-refractivity contribution < 1.29 is 14.8 Å². The van der Waals surface area contributed by atoms with E-state index >= 15 is 0 Å². The predicted octanol–water partition coefficient (Wildman–Crippen LogP) is 2.63. The van der Waals surface area contributed by atoms with Crippen molar-refractivity contribution in [2.24, 2.45) is 0 Å². The molecule has 1 aromatic carbocycles. The van der Waals surface area contributed by atoms with Crippen LogP contribution in [0.3, 0.4) is 0 Å². The molecule has 0 aliphatic carbocycles. The number of rotatable bonds is 3. The molecule has 0 saturated heterocycles. The Morgan fingerprint density at radius 3 is 2.38 bits per heavy atom. The number of Topliss-reactive ketones (excluding diaryl/α,β-unsaturated/α-hetero) is 1. The van der Waals surface area contributed by atoms with Gasteiger partial charge in [-0.1, -0.05) is 13.8 Å². The third-order valence-electron chi connectivity index (χ3n) is 2.35. The molecule has 0 spiro atoms. The first-order chi connectivity index (χ1) is 7.34. The van der Waals surface area contributed by atoms with E-state index in [1.54, 1.807) is 0 Å². The zero-order chi connectivity index (χ0) is 12.5. The van der Waals surface area contributed by atoms with Crippen LogP contribution in [0.25, 0.3) is 0 Å². The number of benzene rings is 1. The number of phenolic OH excluding ortho intramolecular Hbond substituents is 1. The minimum atomic E-state index is -0.687. The Hall–Kier alpha value is -1.91. The Labute approximate surface area is 92.9 Å². The summed E-state index contributed by atoms with van der Waals surface area (Å²) in [7, 11) is 0. The Morgan fingerprint density at radius 2 is 2.00 bits per heavy atom. The maximum atomic E-state index is 11.2. The topological polar surface area (TPSA) is 80.4 Å². The fraction of sp³-hybridized carbons (Fsp3) is 0.364. The summed E-state index contributed by atoms with van der Waals surface area (Å²) in [5.74, 6) is -0.887. The van der Waals surface area contributed by atoms with Crippen LogP contribution in [0, 0.1) is 10.1 Å². The molecule has 5 nitrogen and oxygen atoms in total. The summed E-state index contributed by atoms with van der Waals surface area (Å²) in [5, 5.41) is 20.3. The minimum Gasteiger partial charge on any atom is -0.502 e. The van der Waals surface area contributed by atoms with Crippen LogP contribution in [0.5, 0.6) is 5.75 Å². The normalized spacial score (nSPS) is 10.5. The average molecular weight is 223 g/mol. The molecule has 5 heteroatoms. The maximum absolute atomic E-state index is 11.2. The number of hydrogen-bond acceptors (Lipinski definition) is 4. The Balaban J connectivity index is 3.51. The zero-order valence-electron chi connectivity index (χ0n) is 9.35. The Kier molecular flexibility index (Phi) is 3.27. The van der Waals surface area contributed by atoms with Crippen LogP contribution >= 0.6 is 0 Å². The number of nitrogens with zero attached hydrogens (tertiary/aromatic N) is 1. The molecule has 0 atom stereocenters. The third-order valence-corrected chi connectivity index (χ3v) is 2.35. The largest absolute Gasteiger partial charge is 0.502 e. The molecular formula is C11H13NO4. The fourth-order valence-corrected chi connectivity index (χ4v) is 1.38. The number of ketones is 1. The van der Waals surface area contributed by atoms with Gasteiger partial charge in [-0.15, -0.1) is 0 Å². The van der Waals surface area contributed by atoms with Crippen molar-refractivity contribution >= 4 is 11.5 Å². The van der Waals surface area contributed by atoms with E-state index in [0.717, 1.165) is 0 Å². The van der Waals surface area contributed by atoms with Gasteiger partial charge in [0, 0.05) is 6.07 Å². The maximum Gasteiger partial charge on any atom is 0.311 e. The van der Waals surface area contributed by atoms with Gasteiger partial charge in [-0.2, -0.15) is 0 Å². The monoisotopic (exact) mass is 223 g/mol. The lowest BCUT2D eigenvalue weighted by atomic mass is 9.97. The fourth-order valence-electron chi connectivity index (χ4n) is 1.38. The van der Waals surface area contributed by atoms with E-state index in [9.17, 15) is 20.0 Å². The van der Waals surface area contributed by atoms with Crippen LogP contribution in [0.2, 0.25) is 0 Å². The molecule has 0 amide bonds. The van der Waals surface area contributed by atoms with Crippen LogP contribution in [-0.2, 0) is 0 Å². The molecule has 1 aromatic rings. The lowest BCUT2D eigenvalue weighted by Crippen LogP contribution is -2.00. The molecule has 0 heterocycles. The summed E-state index contributed by atoms with van der Waals surface area (Å²) < 4.78 is 0. The molecule has 0 radical (unpaired) electrons. The van der Waals surface area contributed by atoms with E-state index in [1.807, 2.05) is 13.8 Å². The lowest BCUT2D eigenvalue weighted by molar-refractivity contribution is -0.386. The molecule has 0 fully saturated rings. The second-order valence-corrected chi connectivity index (χ2v) is 3.90. The van der Waals surface area contributed by atoms with Gasteiger partial charge in [0.05, 0.1) is 10.5 Å². The number of hydrogen-bond donors (Lipinski definition) is 1. The van der Waals surface area contributed by atoms with Crippen LogP contribution in [0.1, 0.15) is 42.6 Å². The van der Waals surface area contributed by atoms with Crippen LogP contribution in [0.15, 0.2) is 12.1 Å². The highest BCUT2D eigenvalue weighted by Gasteiger charge is 2.21. The summed E-state index contributed by atoms with van der Waals surface area (Å²) in [6.45, 7) is 4.99. The standard InChI is InChI=1S/C11H13NO4/c1-6(2)8-4-9(7(3)13)11(14)10(5-8)12(15)16/h4-6,14H,1-3H3. The van der Waals surface area contributed by atoms with E-state index < -0.39 is 16.4 Å². The number of carbonyl (C=O) groups excluding carboxylic acids is 1. The van der Waals surface area contributed by atoms with Gasteiger partial charge in [0.25, 0.3) is 0 Å². The smallest absolute Gasteiger partial charge is 0.311 e. The van der Waals surface area contributed by atoms with Crippen molar-refractivity contribution in [1.29, 1.82) is 0 Å². The third kappa shape index (κ3) is 2.18. The summed E-state index contributed by atoms with van der Waals surface area (Å²) in [6.07, 6.45) is 0. The number of nitro groups is 1. The Bertz CT molecular complexity index is 416. The van der Waals surface area contributed by atoms with Gasteiger partial charge in [0.2, 0.25) is 5.75 Å². The van der Waals surface area contributed by atoms with E-state index in [-0.39, 0.29) is 17.3 Å². The van der Waals surface area contributed by atoms with Gasteiger partial charge in [-0.25, -0.2) is 0 Å². The summed E-state index contributed by atoms with van der Waals surface area (Å²) in [6, 6.07) is 2.79. The number of phenols is 1. The molecule has 1 rings (SSSR count). The Morgan fingerprint density at radius 1 is 1.44 bits per heavy atom. The van der Waals surface area contributed by atoms with Crippen molar-refractivity contribution in [2.75, 3.05) is 0 Å². The quantitative estimate of drug-likeness (QED) is 0.485. The molecule has 1 N–H and O–H groups in total. The zero-order valence-corrected chi connectivity index (χ0v) is 9.35. The van der Waals surface area contributed by atoms with E-state index in [4.69, 9.17) is 0 Å². The number of carbonyl (C=O) groups is 1. The minimum absolute atomic E-state index is 0.00194. The van der Waals surface area contributed by atoms with Crippen molar-refractivity contribution in [3.05, 3.63) is 33.4 Å². The summed E-state index contributed by atoms with van der Waals surface area (Å²) in [5.41, 5.74) is 0.240. The molecule has 0 unspecified atom stereocenters. The number of nitro benzene ring substituents is 1. The second-order valence-electron chi connectivity index (χ2n) is 3.90. The first-order valence-electron chi connectivity index (χ1n) is 4.86. The van der Waals surface area contributed by atoms with Crippen LogP contribution < -0.4 is 0 Å². The van der Waals surface area contributed by atoms with Crippen molar-refractivity contribution in [3.63, 3.8) is 0 Å². The SMILES string of the molecule is CC(=O)c1cc(C(C)C)cc([N+](=O)[O-])c1O. The molecular weight excluding hydrogens is 210 g/mol. The van der Waals surface area contributed by atoms with E-state index in [0.29, 0.717) is 5.56 Å². The first-order valence-corrected chi connectivity index (χ1v) is 4.86. The first kappa shape index (κ1) is 12.2. The van der Waals surface area contributed by atoms with Crippen LogP contribution in [-0.4, -0.2) is 15.8 Å². The molecule has 0 aromatic heterocycles. The van der Waals surface area contributed by atoms with E-state index in [1.165, 1.54) is 19.1 Å². The predicted molar refractivity (Wildman–Crippen MR) is 58.9 cm³/mol. The van der Waals surface area contributed by atoms with Crippen molar-refractivity contribution in [1.82, 2.24) is 0 Å². The molecule has 86 valence electrons. The second kappa shape index (κ2) is 4.30. The van der Waals surface area contributed by atoms with Gasteiger partial charge in [0.15, 0.2) is 5.78 Å². The van der Waals surface area contributed by atoms with Crippen molar-refractivity contribution in [2.45, 2.75) is 26.7 Å². The van der Waals surface area contributed by atoms with Gasteiger partial charge < -0.3 is 5.11 Å². The highest BCUT2D eigenvalue weighted by molar-refractivity contribution is 5.98. The van der Waals surface area contributed by atoms with Crippen LogP contribution in [0.4, 0.5) is 5.69 Å². The average Bonchev–Trinajstić information content (AvgIpc) is 2.16. The highest BCUT2D eigenvalue weighted by Crippen LogP contribution is 2.33. The van der Waals surface area contributed by atoms with E-state index in [2.05, 4.69) is 0 Å². The molecule has 0 aliphatic rings. The molecule has 0 aliphatic heterocycles. The van der Waals surface area contributed by atoms with Gasteiger partial charge in [-0.3, -0.25) is 14.9 Å². The number of aromatic hydroxyl groups is 1. The lowest BCUT2D eigenvalue weighted by Gasteiger charge is -2.08.